The zero-order valence-electron chi connectivity index (χ0n) is 15.5. The van der Waals surface area contributed by atoms with Crippen molar-refractivity contribution in [3.63, 3.8) is 0 Å². The predicted molar refractivity (Wildman–Crippen MR) is 101 cm³/mol. The first-order valence-electron chi connectivity index (χ1n) is 8.73. The second kappa shape index (κ2) is 8.53. The highest BCUT2D eigenvalue weighted by Gasteiger charge is 2.41. The topological polar surface area (TPSA) is 12.9 Å². The maximum Gasteiger partial charge on any atom is 0.145 e. The molecule has 0 fully saturated rings. The second-order valence-electron chi connectivity index (χ2n) is 7.43. The van der Waals surface area contributed by atoms with Crippen molar-refractivity contribution in [3.8, 4) is 11.5 Å². The van der Waals surface area contributed by atoms with Crippen molar-refractivity contribution in [2.75, 3.05) is 0 Å². The lowest BCUT2D eigenvalue weighted by Crippen LogP contribution is -2.43. The SMILES string of the molecule is CC(C#C[Si](C(C)C)(C(C)C)C(C)C)CCc1ccccn1. The lowest BCUT2D eigenvalue weighted by molar-refractivity contribution is 0.659. The number of hydrogen-bond acceptors (Lipinski definition) is 1. The molecule has 1 rings (SSSR count). The van der Waals surface area contributed by atoms with Crippen LogP contribution in [0.25, 0.3) is 0 Å². The van der Waals surface area contributed by atoms with Crippen LogP contribution in [0.15, 0.2) is 24.4 Å². The van der Waals surface area contributed by atoms with Gasteiger partial charge in [0.1, 0.15) is 8.07 Å². The Hall–Kier alpha value is -1.07. The third kappa shape index (κ3) is 4.71. The largest absolute Gasteiger partial charge is 0.261 e. The standard InChI is InChI=1S/C20H33NSi/c1-16(2)22(17(3)4,18(5)6)15-13-19(7)11-12-20-10-8-9-14-21-20/h8-10,14,16-19H,11-12H2,1-7H3. The maximum absolute atomic E-state index is 4.40. The summed E-state index contributed by atoms with van der Waals surface area (Å²) in [6, 6.07) is 6.14. The minimum absolute atomic E-state index is 0.449. The molecule has 0 aromatic carbocycles. The quantitative estimate of drug-likeness (QED) is 0.472. The minimum atomic E-state index is -1.58. The first-order valence-corrected chi connectivity index (χ1v) is 11.0. The summed E-state index contributed by atoms with van der Waals surface area (Å²) in [6.45, 7) is 16.5. The Morgan fingerprint density at radius 1 is 0.955 bits per heavy atom. The smallest absolute Gasteiger partial charge is 0.145 e. The first-order chi connectivity index (χ1) is 10.3. The van der Waals surface area contributed by atoms with Gasteiger partial charge in [-0.15, -0.1) is 11.5 Å². The summed E-state index contributed by atoms with van der Waals surface area (Å²) in [5.41, 5.74) is 7.15. The summed E-state index contributed by atoms with van der Waals surface area (Å²) < 4.78 is 0. The zero-order chi connectivity index (χ0) is 16.8. The van der Waals surface area contributed by atoms with Crippen LogP contribution in [0.5, 0.6) is 0 Å². The Bertz CT molecular complexity index is 472. The Labute approximate surface area is 139 Å². The van der Waals surface area contributed by atoms with Gasteiger partial charge in [0.25, 0.3) is 0 Å². The number of aryl methyl sites for hydroxylation is 1. The number of pyridine rings is 1. The monoisotopic (exact) mass is 315 g/mol. The van der Waals surface area contributed by atoms with Crippen LogP contribution >= 0.6 is 0 Å². The number of nitrogens with zero attached hydrogens (tertiary/aromatic N) is 1. The molecule has 0 saturated carbocycles. The van der Waals surface area contributed by atoms with Gasteiger partial charge in [-0.3, -0.25) is 4.98 Å². The molecule has 0 N–H and O–H groups in total. The molecule has 0 aliphatic carbocycles. The molecule has 0 saturated heterocycles. The Balaban J connectivity index is 2.80. The van der Waals surface area contributed by atoms with Crippen molar-refractivity contribution in [2.24, 2.45) is 5.92 Å². The van der Waals surface area contributed by atoms with Gasteiger partial charge in [-0.05, 0) is 41.6 Å². The van der Waals surface area contributed by atoms with E-state index in [1.165, 1.54) is 5.69 Å². The van der Waals surface area contributed by atoms with E-state index in [0.29, 0.717) is 22.5 Å². The van der Waals surface area contributed by atoms with E-state index >= 15 is 0 Å². The van der Waals surface area contributed by atoms with Crippen LogP contribution in [0.1, 0.15) is 60.6 Å². The molecule has 0 spiro atoms. The number of aromatic nitrogens is 1. The molecule has 2 heteroatoms. The van der Waals surface area contributed by atoms with Gasteiger partial charge in [0.05, 0.1) is 0 Å². The van der Waals surface area contributed by atoms with Crippen LogP contribution in [0.3, 0.4) is 0 Å². The fourth-order valence-corrected chi connectivity index (χ4v) is 9.03. The van der Waals surface area contributed by atoms with Gasteiger partial charge < -0.3 is 0 Å². The molecule has 0 aliphatic heterocycles. The van der Waals surface area contributed by atoms with Gasteiger partial charge in [-0.25, -0.2) is 0 Å². The molecule has 1 nitrogen and oxygen atoms in total. The highest BCUT2D eigenvalue weighted by molar-refractivity contribution is 6.90. The Kier molecular flexibility index (Phi) is 7.36. The van der Waals surface area contributed by atoms with Gasteiger partial charge in [0.2, 0.25) is 0 Å². The highest BCUT2D eigenvalue weighted by atomic mass is 28.3. The maximum atomic E-state index is 4.40. The number of rotatable bonds is 6. The fraction of sp³-hybridized carbons (Fsp3) is 0.650. The summed E-state index contributed by atoms with van der Waals surface area (Å²) >= 11 is 0. The lowest BCUT2D eigenvalue weighted by atomic mass is 10.1. The van der Waals surface area contributed by atoms with Crippen LogP contribution in [0.4, 0.5) is 0 Å². The van der Waals surface area contributed by atoms with Gasteiger partial charge >= 0.3 is 0 Å². The normalized spacial score (nSPS) is 13.4. The molecule has 0 radical (unpaired) electrons. The molecular formula is C20H33NSi. The van der Waals surface area contributed by atoms with E-state index in [2.05, 4.69) is 77.0 Å². The van der Waals surface area contributed by atoms with Crippen LogP contribution in [-0.2, 0) is 6.42 Å². The van der Waals surface area contributed by atoms with E-state index in [0.717, 1.165) is 12.8 Å². The average Bonchev–Trinajstić information content (AvgIpc) is 2.45. The van der Waals surface area contributed by atoms with E-state index in [1.54, 1.807) is 0 Å². The van der Waals surface area contributed by atoms with Crippen LogP contribution in [0.2, 0.25) is 16.6 Å². The molecular weight excluding hydrogens is 282 g/mol. The lowest BCUT2D eigenvalue weighted by Gasteiger charge is -2.38. The van der Waals surface area contributed by atoms with E-state index in [9.17, 15) is 0 Å². The zero-order valence-corrected chi connectivity index (χ0v) is 16.5. The third-order valence-electron chi connectivity index (χ3n) is 4.96. The molecule has 1 aromatic heterocycles. The molecule has 1 atom stereocenters. The molecule has 1 heterocycles. The van der Waals surface area contributed by atoms with Crippen molar-refractivity contribution in [1.82, 2.24) is 4.98 Å². The minimum Gasteiger partial charge on any atom is -0.261 e. The van der Waals surface area contributed by atoms with Crippen LogP contribution in [-0.4, -0.2) is 13.1 Å². The van der Waals surface area contributed by atoms with Gasteiger partial charge in [-0.2, -0.15) is 0 Å². The van der Waals surface area contributed by atoms with Crippen molar-refractivity contribution < 1.29 is 0 Å². The van der Waals surface area contributed by atoms with E-state index in [1.807, 2.05) is 12.3 Å². The van der Waals surface area contributed by atoms with Crippen LogP contribution < -0.4 is 0 Å². The summed E-state index contributed by atoms with van der Waals surface area (Å²) in [7, 11) is -1.58. The average molecular weight is 316 g/mol. The molecule has 1 unspecified atom stereocenters. The summed E-state index contributed by atoms with van der Waals surface area (Å²) in [4.78, 5) is 4.40. The van der Waals surface area contributed by atoms with E-state index in [4.69, 9.17) is 0 Å². The molecule has 22 heavy (non-hydrogen) atoms. The van der Waals surface area contributed by atoms with E-state index < -0.39 is 8.07 Å². The highest BCUT2D eigenvalue weighted by Crippen LogP contribution is 2.40. The molecule has 0 aliphatic rings. The predicted octanol–water partition coefficient (Wildman–Crippen LogP) is 5.87. The molecule has 1 aromatic rings. The molecule has 0 amide bonds. The van der Waals surface area contributed by atoms with Crippen molar-refractivity contribution in [3.05, 3.63) is 30.1 Å². The molecule has 122 valence electrons. The Morgan fingerprint density at radius 2 is 1.55 bits per heavy atom. The number of hydrogen-bond donors (Lipinski definition) is 0. The first kappa shape index (κ1) is 19.0. The fourth-order valence-electron chi connectivity index (χ4n) is 3.66. The van der Waals surface area contributed by atoms with Crippen LogP contribution in [0, 0.1) is 17.4 Å². The summed E-state index contributed by atoms with van der Waals surface area (Å²) in [5, 5.41) is 0. The Morgan fingerprint density at radius 3 is 2.00 bits per heavy atom. The second-order valence-corrected chi connectivity index (χ2v) is 13.0. The van der Waals surface area contributed by atoms with Gasteiger partial charge in [0.15, 0.2) is 0 Å². The molecule has 0 bridgehead atoms. The summed E-state index contributed by atoms with van der Waals surface area (Å²) in [5.74, 6) is 4.07. The third-order valence-corrected chi connectivity index (χ3v) is 11.3. The van der Waals surface area contributed by atoms with E-state index in [-0.39, 0.29) is 0 Å². The van der Waals surface area contributed by atoms with Gasteiger partial charge in [0, 0.05) is 17.8 Å². The van der Waals surface area contributed by atoms with Crippen molar-refractivity contribution in [2.45, 2.75) is 77.9 Å². The van der Waals surface area contributed by atoms with Crippen molar-refractivity contribution in [1.29, 1.82) is 0 Å². The van der Waals surface area contributed by atoms with Gasteiger partial charge in [-0.1, -0.05) is 54.5 Å². The van der Waals surface area contributed by atoms with Crippen molar-refractivity contribution >= 4 is 8.07 Å². The summed E-state index contributed by atoms with van der Waals surface area (Å²) in [6.07, 6.45) is 4.00.